The van der Waals surface area contributed by atoms with Crippen molar-refractivity contribution in [3.63, 3.8) is 0 Å². The number of nitrogens with zero attached hydrogens (tertiary/aromatic N) is 2. The Hall–Kier alpha value is -1.66. The van der Waals surface area contributed by atoms with Crippen LogP contribution < -0.4 is 5.32 Å². The van der Waals surface area contributed by atoms with E-state index in [0.717, 1.165) is 0 Å². The maximum atomic E-state index is 14.0. The highest BCUT2D eigenvalue weighted by molar-refractivity contribution is 6.31. The van der Waals surface area contributed by atoms with E-state index in [9.17, 15) is 14.0 Å². The molecule has 1 N–H and O–H groups in total. The summed E-state index contributed by atoms with van der Waals surface area (Å²) in [5, 5.41) is 3.11. The average Bonchev–Trinajstić information content (AvgIpc) is 2.56. The van der Waals surface area contributed by atoms with Crippen molar-refractivity contribution in [1.82, 2.24) is 15.1 Å². The number of carbonyl (C=O) groups is 2. The predicted molar refractivity (Wildman–Crippen MR) is 95.8 cm³/mol. The summed E-state index contributed by atoms with van der Waals surface area (Å²) >= 11 is 6.06. The van der Waals surface area contributed by atoms with Crippen molar-refractivity contribution < 1.29 is 14.0 Å². The van der Waals surface area contributed by atoms with Gasteiger partial charge in [-0.25, -0.2) is 4.39 Å². The van der Waals surface area contributed by atoms with Crippen molar-refractivity contribution in [2.45, 2.75) is 45.8 Å². The van der Waals surface area contributed by atoms with Gasteiger partial charge in [0.15, 0.2) is 0 Å². The van der Waals surface area contributed by atoms with E-state index >= 15 is 0 Å². The Bertz CT molecular complexity index is 618. The van der Waals surface area contributed by atoms with Crippen LogP contribution in [0.1, 0.15) is 32.8 Å². The Morgan fingerprint density at radius 2 is 2.20 bits per heavy atom. The second-order valence-corrected chi connectivity index (χ2v) is 6.86. The third kappa shape index (κ3) is 4.70. The minimum atomic E-state index is -0.494. The summed E-state index contributed by atoms with van der Waals surface area (Å²) in [6, 6.07) is 4.14. The number of nitrogens with one attached hydrogen (secondary N) is 1. The summed E-state index contributed by atoms with van der Waals surface area (Å²) in [7, 11) is 0. The number of piperazine rings is 1. The first-order valence-corrected chi connectivity index (χ1v) is 8.97. The van der Waals surface area contributed by atoms with Gasteiger partial charge in [0.25, 0.3) is 0 Å². The molecule has 1 aromatic carbocycles. The molecule has 1 saturated heterocycles. The van der Waals surface area contributed by atoms with Crippen LogP contribution in [0.5, 0.6) is 0 Å². The molecule has 0 aliphatic carbocycles. The predicted octanol–water partition coefficient (Wildman–Crippen LogP) is 2.43. The first-order valence-electron chi connectivity index (χ1n) is 8.59. The van der Waals surface area contributed by atoms with Gasteiger partial charge >= 0.3 is 0 Å². The topological polar surface area (TPSA) is 52.7 Å². The second-order valence-electron chi connectivity index (χ2n) is 6.45. The summed E-state index contributed by atoms with van der Waals surface area (Å²) in [6.45, 7) is 7.65. The van der Waals surface area contributed by atoms with Crippen molar-refractivity contribution >= 4 is 23.4 Å². The number of hydrogen-bond donors (Lipinski definition) is 1. The van der Waals surface area contributed by atoms with Gasteiger partial charge in [-0.15, -0.1) is 0 Å². The SMILES string of the molecule is CCN(Cc1c(F)cccc1Cl)C(=O)C[C@@H]1C(=O)NCCN1C(C)C. The normalized spacial score (nSPS) is 18.3. The first kappa shape index (κ1) is 19.7. The summed E-state index contributed by atoms with van der Waals surface area (Å²) in [5.74, 6) is -0.749. The number of hydrogen-bond acceptors (Lipinski definition) is 3. The molecule has 0 unspecified atom stereocenters. The van der Waals surface area contributed by atoms with Gasteiger partial charge < -0.3 is 10.2 Å². The highest BCUT2D eigenvalue weighted by Gasteiger charge is 2.34. The van der Waals surface area contributed by atoms with E-state index in [1.54, 1.807) is 6.07 Å². The fourth-order valence-corrected chi connectivity index (χ4v) is 3.33. The Kier molecular flexibility index (Phi) is 6.79. The molecule has 5 nitrogen and oxygen atoms in total. The van der Waals surface area contributed by atoms with E-state index in [4.69, 9.17) is 11.6 Å². The van der Waals surface area contributed by atoms with Crippen molar-refractivity contribution in [3.05, 3.63) is 34.6 Å². The van der Waals surface area contributed by atoms with Gasteiger partial charge in [-0.05, 0) is 32.9 Å². The molecule has 25 heavy (non-hydrogen) atoms. The average molecular weight is 370 g/mol. The van der Waals surface area contributed by atoms with E-state index in [1.165, 1.54) is 17.0 Å². The summed E-state index contributed by atoms with van der Waals surface area (Å²) in [6.07, 6.45) is 0.0733. The molecular formula is C18H25ClFN3O2. The molecule has 1 atom stereocenters. The molecule has 1 aliphatic heterocycles. The second kappa shape index (κ2) is 8.63. The van der Waals surface area contributed by atoms with Gasteiger partial charge in [-0.3, -0.25) is 14.5 Å². The zero-order valence-electron chi connectivity index (χ0n) is 14.9. The maximum absolute atomic E-state index is 14.0. The van der Waals surface area contributed by atoms with Crippen LogP contribution in [-0.2, 0) is 16.1 Å². The standard InChI is InChI=1S/C18H25ClFN3O2/c1-4-22(11-13-14(19)6-5-7-15(13)20)17(24)10-16-18(25)21-8-9-23(16)12(2)3/h5-7,12,16H,4,8-11H2,1-3H3,(H,21,25)/t16-/m1/s1. The monoisotopic (exact) mass is 369 g/mol. The van der Waals surface area contributed by atoms with Gasteiger partial charge in [-0.2, -0.15) is 0 Å². The molecular weight excluding hydrogens is 345 g/mol. The van der Waals surface area contributed by atoms with E-state index in [1.807, 2.05) is 25.7 Å². The molecule has 1 aromatic rings. The van der Waals surface area contributed by atoms with Crippen LogP contribution in [0.4, 0.5) is 4.39 Å². The molecule has 138 valence electrons. The van der Waals surface area contributed by atoms with Crippen LogP contribution in [0, 0.1) is 5.82 Å². The lowest BCUT2D eigenvalue weighted by Crippen LogP contribution is -2.58. The van der Waals surface area contributed by atoms with Gasteiger partial charge in [0, 0.05) is 42.8 Å². The molecule has 1 heterocycles. The van der Waals surface area contributed by atoms with Crippen LogP contribution in [0.15, 0.2) is 18.2 Å². The Labute approximate surface area is 153 Å². The molecule has 7 heteroatoms. The van der Waals surface area contributed by atoms with Crippen LogP contribution >= 0.6 is 11.6 Å². The van der Waals surface area contributed by atoms with Crippen molar-refractivity contribution in [2.24, 2.45) is 0 Å². The lowest BCUT2D eigenvalue weighted by atomic mass is 10.1. The number of benzene rings is 1. The van der Waals surface area contributed by atoms with Gasteiger partial charge in [0.1, 0.15) is 5.82 Å². The van der Waals surface area contributed by atoms with Crippen LogP contribution in [0.3, 0.4) is 0 Å². The molecule has 0 aromatic heterocycles. The molecule has 1 fully saturated rings. The summed E-state index contributed by atoms with van der Waals surface area (Å²) < 4.78 is 14.0. The van der Waals surface area contributed by atoms with E-state index in [-0.39, 0.29) is 30.8 Å². The van der Waals surface area contributed by atoms with E-state index < -0.39 is 11.9 Å². The lowest BCUT2D eigenvalue weighted by Gasteiger charge is -2.38. The van der Waals surface area contributed by atoms with Gasteiger partial charge in [0.05, 0.1) is 12.5 Å². The molecule has 0 bridgehead atoms. The molecule has 2 amide bonds. The summed E-state index contributed by atoms with van der Waals surface area (Å²) in [5.41, 5.74) is 0.299. The molecule has 1 aliphatic rings. The van der Waals surface area contributed by atoms with Crippen molar-refractivity contribution in [2.75, 3.05) is 19.6 Å². The number of rotatable bonds is 6. The Balaban J connectivity index is 2.12. The third-order valence-electron chi connectivity index (χ3n) is 4.55. The maximum Gasteiger partial charge on any atom is 0.237 e. The van der Waals surface area contributed by atoms with Crippen molar-refractivity contribution in [1.29, 1.82) is 0 Å². The Morgan fingerprint density at radius 1 is 1.48 bits per heavy atom. The quantitative estimate of drug-likeness (QED) is 0.837. The minimum absolute atomic E-state index is 0.0733. The smallest absolute Gasteiger partial charge is 0.237 e. The lowest BCUT2D eigenvalue weighted by molar-refractivity contribution is -0.139. The molecule has 0 radical (unpaired) electrons. The zero-order valence-corrected chi connectivity index (χ0v) is 15.6. The van der Waals surface area contributed by atoms with Crippen molar-refractivity contribution in [3.8, 4) is 0 Å². The largest absolute Gasteiger partial charge is 0.353 e. The third-order valence-corrected chi connectivity index (χ3v) is 4.90. The summed E-state index contributed by atoms with van der Waals surface area (Å²) in [4.78, 5) is 28.5. The molecule has 0 saturated carbocycles. The Morgan fingerprint density at radius 3 is 2.80 bits per heavy atom. The first-order chi connectivity index (χ1) is 11.8. The molecule has 2 rings (SSSR count). The zero-order chi connectivity index (χ0) is 18.6. The minimum Gasteiger partial charge on any atom is -0.353 e. The van der Waals surface area contributed by atoms with Crippen LogP contribution in [0.25, 0.3) is 0 Å². The number of amides is 2. The number of halogens is 2. The highest BCUT2D eigenvalue weighted by Crippen LogP contribution is 2.22. The van der Waals surface area contributed by atoms with Gasteiger partial charge in [0.2, 0.25) is 11.8 Å². The number of carbonyl (C=O) groups excluding carboxylic acids is 2. The van der Waals surface area contributed by atoms with E-state index in [0.29, 0.717) is 30.2 Å². The fourth-order valence-electron chi connectivity index (χ4n) is 3.11. The molecule has 0 spiro atoms. The van der Waals surface area contributed by atoms with Crippen LogP contribution in [-0.4, -0.2) is 53.3 Å². The highest BCUT2D eigenvalue weighted by atomic mass is 35.5. The fraction of sp³-hybridized carbons (Fsp3) is 0.556. The van der Waals surface area contributed by atoms with Gasteiger partial charge in [-0.1, -0.05) is 17.7 Å². The van der Waals surface area contributed by atoms with Crippen LogP contribution in [0.2, 0.25) is 5.02 Å². The van der Waals surface area contributed by atoms with E-state index in [2.05, 4.69) is 5.32 Å².